The van der Waals surface area contributed by atoms with E-state index in [0.29, 0.717) is 42.3 Å². The third kappa shape index (κ3) is 2.96. The number of hydrogen-bond acceptors (Lipinski definition) is 6. The van der Waals surface area contributed by atoms with Crippen molar-refractivity contribution in [2.45, 2.75) is 43.4 Å². The van der Waals surface area contributed by atoms with Gasteiger partial charge in [-0.25, -0.2) is 0 Å². The van der Waals surface area contributed by atoms with Crippen molar-refractivity contribution >= 4 is 11.6 Å². The molecule has 0 aliphatic carbocycles. The van der Waals surface area contributed by atoms with Gasteiger partial charge in [0.05, 0.1) is 12.8 Å². The minimum absolute atomic E-state index is 0.0609. The van der Waals surface area contributed by atoms with Crippen molar-refractivity contribution < 1.29 is 23.8 Å². The zero-order chi connectivity index (χ0) is 18.4. The summed E-state index contributed by atoms with van der Waals surface area (Å²) in [7, 11) is 0. The molecule has 0 unspecified atom stereocenters. The van der Waals surface area contributed by atoms with E-state index >= 15 is 0 Å². The molecule has 0 radical (unpaired) electrons. The topological polar surface area (TPSA) is 84.2 Å². The molecular formula is C20H22N2O5. The Morgan fingerprint density at radius 2 is 1.96 bits per heavy atom. The van der Waals surface area contributed by atoms with E-state index in [-0.39, 0.29) is 24.8 Å². The number of aliphatic hydroxyl groups is 1. The van der Waals surface area contributed by atoms with E-state index in [1.165, 1.54) is 0 Å². The maximum atomic E-state index is 12.6. The fourth-order valence-electron chi connectivity index (χ4n) is 4.66. The molecule has 2 bridgehead atoms. The summed E-state index contributed by atoms with van der Waals surface area (Å²) in [6.07, 6.45) is 4.76. The molecule has 2 N–H and O–H groups in total. The number of hydrogen-bond donors (Lipinski definition) is 2. The molecule has 3 aliphatic rings. The second kappa shape index (κ2) is 6.28. The monoisotopic (exact) mass is 370 g/mol. The number of rotatable bonds is 4. The van der Waals surface area contributed by atoms with E-state index in [1.54, 1.807) is 24.5 Å². The highest BCUT2D eigenvalue weighted by atomic mass is 16.7. The second-order valence-corrected chi connectivity index (χ2v) is 7.59. The number of nitrogens with zero attached hydrogens (tertiary/aromatic N) is 1. The summed E-state index contributed by atoms with van der Waals surface area (Å²) in [5.74, 6) is 1.91. The Morgan fingerprint density at radius 1 is 1.19 bits per heavy atom. The van der Waals surface area contributed by atoms with Crippen LogP contribution in [0.2, 0.25) is 0 Å². The number of amides is 1. The lowest BCUT2D eigenvalue weighted by Crippen LogP contribution is -2.51. The Balaban J connectivity index is 1.25. The minimum atomic E-state index is -0.931. The Hall–Kier alpha value is -2.51. The van der Waals surface area contributed by atoms with Gasteiger partial charge in [-0.3, -0.25) is 9.69 Å². The largest absolute Gasteiger partial charge is 0.466 e. The average molecular weight is 370 g/mol. The quantitative estimate of drug-likeness (QED) is 0.860. The van der Waals surface area contributed by atoms with E-state index in [9.17, 15) is 9.90 Å². The van der Waals surface area contributed by atoms with E-state index in [4.69, 9.17) is 13.9 Å². The highest BCUT2D eigenvalue weighted by molar-refractivity contribution is 5.92. The minimum Gasteiger partial charge on any atom is -0.466 e. The van der Waals surface area contributed by atoms with E-state index < -0.39 is 5.60 Å². The van der Waals surface area contributed by atoms with Gasteiger partial charge in [0.15, 0.2) is 11.5 Å². The van der Waals surface area contributed by atoms with Gasteiger partial charge >= 0.3 is 0 Å². The van der Waals surface area contributed by atoms with Crippen LogP contribution in [0.5, 0.6) is 11.5 Å². The van der Waals surface area contributed by atoms with Crippen LogP contribution in [-0.2, 0) is 10.4 Å². The summed E-state index contributed by atoms with van der Waals surface area (Å²) in [5.41, 5.74) is -0.236. The Kier molecular flexibility index (Phi) is 3.87. The van der Waals surface area contributed by atoms with Gasteiger partial charge in [0.1, 0.15) is 11.4 Å². The van der Waals surface area contributed by atoms with E-state index in [1.807, 2.05) is 12.1 Å². The normalized spacial score (nSPS) is 29.1. The molecule has 4 heterocycles. The molecule has 0 saturated carbocycles. The third-order valence-electron chi connectivity index (χ3n) is 5.88. The fraction of sp³-hybridized carbons (Fsp3) is 0.450. The molecule has 7 nitrogen and oxygen atoms in total. The van der Waals surface area contributed by atoms with Crippen LogP contribution in [-0.4, -0.2) is 41.3 Å². The van der Waals surface area contributed by atoms with Crippen LogP contribution >= 0.6 is 0 Å². The zero-order valence-corrected chi connectivity index (χ0v) is 14.9. The smallest absolute Gasteiger partial charge is 0.238 e. The summed E-state index contributed by atoms with van der Waals surface area (Å²) >= 11 is 0. The molecule has 3 aliphatic heterocycles. The lowest BCUT2D eigenvalue weighted by molar-refractivity contribution is -0.121. The molecule has 142 valence electrons. The van der Waals surface area contributed by atoms with Gasteiger partial charge in [0, 0.05) is 23.8 Å². The van der Waals surface area contributed by atoms with Gasteiger partial charge in [-0.05, 0) is 49.9 Å². The van der Waals surface area contributed by atoms with Gasteiger partial charge in [-0.2, -0.15) is 0 Å². The van der Waals surface area contributed by atoms with E-state index in [0.717, 1.165) is 12.8 Å². The summed E-state index contributed by atoms with van der Waals surface area (Å²) in [5, 5.41) is 14.0. The molecule has 2 fully saturated rings. The van der Waals surface area contributed by atoms with Crippen LogP contribution in [0, 0.1) is 0 Å². The third-order valence-corrected chi connectivity index (χ3v) is 5.88. The molecule has 27 heavy (non-hydrogen) atoms. The first-order chi connectivity index (χ1) is 13.1. The number of carbonyl (C=O) groups is 1. The molecule has 1 aromatic heterocycles. The average Bonchev–Trinajstić information content (AvgIpc) is 3.37. The molecule has 1 amide bonds. The lowest BCUT2D eigenvalue weighted by atomic mass is 9.84. The predicted octanol–water partition coefficient (Wildman–Crippen LogP) is 2.46. The number of fused-ring (bicyclic) bond motifs is 3. The summed E-state index contributed by atoms with van der Waals surface area (Å²) < 4.78 is 16.1. The summed E-state index contributed by atoms with van der Waals surface area (Å²) in [6.45, 7) is 0.528. The second-order valence-electron chi connectivity index (χ2n) is 7.59. The van der Waals surface area contributed by atoms with Crippen molar-refractivity contribution in [3.8, 4) is 11.5 Å². The van der Waals surface area contributed by atoms with Crippen molar-refractivity contribution in [2.75, 3.05) is 18.7 Å². The number of piperidine rings is 1. The van der Waals surface area contributed by atoms with E-state index in [2.05, 4.69) is 10.2 Å². The van der Waals surface area contributed by atoms with Crippen LogP contribution in [0.15, 0.2) is 41.0 Å². The summed E-state index contributed by atoms with van der Waals surface area (Å²) in [4.78, 5) is 14.8. The van der Waals surface area contributed by atoms with Crippen molar-refractivity contribution in [3.63, 3.8) is 0 Å². The van der Waals surface area contributed by atoms with Gasteiger partial charge < -0.3 is 24.3 Å². The molecule has 5 rings (SSSR count). The number of nitrogens with one attached hydrogen (secondary N) is 1. The first kappa shape index (κ1) is 16.6. The fourth-order valence-corrected chi connectivity index (χ4v) is 4.66. The van der Waals surface area contributed by atoms with Gasteiger partial charge in [0.25, 0.3) is 0 Å². The van der Waals surface area contributed by atoms with Gasteiger partial charge in [-0.15, -0.1) is 0 Å². The summed E-state index contributed by atoms with van der Waals surface area (Å²) in [6, 6.07) is 9.39. The van der Waals surface area contributed by atoms with Crippen molar-refractivity contribution in [3.05, 3.63) is 42.4 Å². The van der Waals surface area contributed by atoms with Crippen molar-refractivity contribution in [1.82, 2.24) is 4.90 Å². The highest BCUT2D eigenvalue weighted by Gasteiger charge is 2.49. The Morgan fingerprint density at radius 3 is 2.70 bits per heavy atom. The Bertz CT molecular complexity index is 836. The molecular weight excluding hydrogens is 348 g/mol. The van der Waals surface area contributed by atoms with Crippen LogP contribution in [0.1, 0.15) is 31.4 Å². The molecule has 2 aromatic rings. The van der Waals surface area contributed by atoms with Crippen LogP contribution in [0.4, 0.5) is 5.69 Å². The molecule has 2 atom stereocenters. The predicted molar refractivity (Wildman–Crippen MR) is 96.5 cm³/mol. The van der Waals surface area contributed by atoms with Crippen molar-refractivity contribution in [1.29, 1.82) is 0 Å². The van der Waals surface area contributed by atoms with Gasteiger partial charge in [-0.1, -0.05) is 0 Å². The SMILES string of the molecule is O=C(CN1[C@@H]2CC[C@@H]1CC(O)(c1ccco1)C2)Nc1ccc2c(c1)OCO2. The number of furan rings is 1. The molecule has 2 saturated heterocycles. The van der Waals surface area contributed by atoms with Crippen LogP contribution < -0.4 is 14.8 Å². The number of anilines is 1. The molecule has 0 spiro atoms. The highest BCUT2D eigenvalue weighted by Crippen LogP contribution is 2.45. The lowest BCUT2D eigenvalue weighted by Gasteiger charge is -2.42. The first-order valence-corrected chi connectivity index (χ1v) is 9.32. The zero-order valence-electron chi connectivity index (χ0n) is 14.9. The number of ether oxygens (including phenoxy) is 2. The Labute approximate surface area is 156 Å². The first-order valence-electron chi connectivity index (χ1n) is 9.32. The maximum Gasteiger partial charge on any atom is 0.238 e. The molecule has 1 aromatic carbocycles. The van der Waals surface area contributed by atoms with Gasteiger partial charge in [0.2, 0.25) is 12.7 Å². The van der Waals surface area contributed by atoms with Crippen LogP contribution in [0.3, 0.4) is 0 Å². The molecule has 7 heteroatoms. The standard InChI is InChI=1S/C20H22N2O5/c23-19(21-13-3-6-16-17(8-13)27-12-26-16)11-22-14-4-5-15(22)10-20(24,9-14)18-2-1-7-25-18/h1-3,6-8,14-15,24H,4-5,9-12H2,(H,21,23)/t14-,15-/m1/s1. The number of carbonyl (C=O) groups excluding carboxylic acids is 1. The maximum absolute atomic E-state index is 12.6. The number of benzene rings is 1. The van der Waals surface area contributed by atoms with Crippen LogP contribution in [0.25, 0.3) is 0 Å². The van der Waals surface area contributed by atoms with Crippen molar-refractivity contribution in [2.24, 2.45) is 0 Å².